The summed E-state index contributed by atoms with van der Waals surface area (Å²) in [5.41, 5.74) is 1.23. The largest absolute Gasteiger partial charge is 0.483 e. The highest BCUT2D eigenvalue weighted by atomic mass is 16.6. The van der Waals surface area contributed by atoms with Gasteiger partial charge >= 0.3 is 6.09 Å². The molecule has 1 aromatic carbocycles. The molecule has 0 saturated heterocycles. The summed E-state index contributed by atoms with van der Waals surface area (Å²) in [7, 11) is 0. The molecular formula is C28H43N3O5. The number of rotatable bonds is 7. The van der Waals surface area contributed by atoms with Crippen LogP contribution < -0.4 is 5.32 Å². The number of nitrogens with one attached hydrogen (secondary N) is 1. The number of carboxylic acid groups (broad SMARTS) is 1. The number of amides is 1. The number of hydrogen-bond acceptors (Lipinski definition) is 6. The molecule has 1 aliphatic carbocycles. The number of allylic oxidation sites excluding steroid dienone is 1. The van der Waals surface area contributed by atoms with Gasteiger partial charge in [-0.25, -0.2) is 9.78 Å². The Bertz CT molecular complexity index is 923. The summed E-state index contributed by atoms with van der Waals surface area (Å²) in [6.07, 6.45) is 9.17. The lowest BCUT2D eigenvalue weighted by molar-refractivity contribution is -0.122. The fourth-order valence-corrected chi connectivity index (χ4v) is 2.89. The number of ether oxygens (including phenoxy) is 1. The molecule has 0 aliphatic heterocycles. The Hall–Kier alpha value is -3.13. The summed E-state index contributed by atoms with van der Waals surface area (Å²) in [5.74, 6) is 0.526. The van der Waals surface area contributed by atoms with Crippen molar-refractivity contribution in [1.82, 2.24) is 15.2 Å². The van der Waals surface area contributed by atoms with Crippen LogP contribution >= 0.6 is 0 Å². The molecular weight excluding hydrogens is 458 g/mol. The van der Waals surface area contributed by atoms with E-state index in [1.807, 2.05) is 47.6 Å². The van der Waals surface area contributed by atoms with Gasteiger partial charge in [-0.05, 0) is 66.4 Å². The molecule has 200 valence electrons. The van der Waals surface area contributed by atoms with E-state index in [0.717, 1.165) is 12.1 Å². The van der Waals surface area contributed by atoms with Crippen molar-refractivity contribution in [3.63, 3.8) is 0 Å². The van der Waals surface area contributed by atoms with Crippen LogP contribution in [0, 0.1) is 0 Å². The number of hydrogen-bond donors (Lipinski definition) is 2. The molecule has 1 aliphatic rings. The van der Waals surface area contributed by atoms with Gasteiger partial charge in [0.2, 0.25) is 5.89 Å². The van der Waals surface area contributed by atoms with Gasteiger partial charge in [-0.3, -0.25) is 9.69 Å². The Kier molecular flexibility index (Phi) is 12.9. The Morgan fingerprint density at radius 2 is 1.81 bits per heavy atom. The monoisotopic (exact) mass is 501 g/mol. The van der Waals surface area contributed by atoms with Crippen LogP contribution in [0.1, 0.15) is 84.9 Å². The van der Waals surface area contributed by atoms with Gasteiger partial charge in [0.15, 0.2) is 0 Å². The molecule has 1 amide bonds. The number of nitrogens with zero attached hydrogens (tertiary/aromatic N) is 2. The summed E-state index contributed by atoms with van der Waals surface area (Å²) >= 11 is 0. The molecule has 36 heavy (non-hydrogen) atoms. The normalized spacial score (nSPS) is 13.2. The maximum atomic E-state index is 12.5. The van der Waals surface area contributed by atoms with E-state index in [2.05, 4.69) is 53.6 Å². The van der Waals surface area contributed by atoms with E-state index in [-0.39, 0.29) is 18.1 Å². The van der Waals surface area contributed by atoms with Crippen molar-refractivity contribution in [3.05, 3.63) is 59.8 Å². The predicted molar refractivity (Wildman–Crippen MR) is 142 cm³/mol. The van der Waals surface area contributed by atoms with Crippen molar-refractivity contribution >= 4 is 18.6 Å². The van der Waals surface area contributed by atoms with E-state index < -0.39 is 5.60 Å². The molecule has 0 bridgehead atoms. The molecule has 0 radical (unpaired) electrons. The first-order valence-electron chi connectivity index (χ1n) is 12.4. The fraction of sp³-hybridized carbons (Fsp3) is 0.536. The van der Waals surface area contributed by atoms with Gasteiger partial charge in [0.1, 0.15) is 18.4 Å². The van der Waals surface area contributed by atoms with Gasteiger partial charge in [-0.2, -0.15) is 0 Å². The number of benzene rings is 1. The Labute approximate surface area is 215 Å². The summed E-state index contributed by atoms with van der Waals surface area (Å²) < 4.78 is 11.0. The lowest BCUT2D eigenvalue weighted by Gasteiger charge is -2.35. The molecule has 0 atom stereocenters. The highest BCUT2D eigenvalue weighted by Crippen LogP contribution is 2.22. The van der Waals surface area contributed by atoms with E-state index in [0.29, 0.717) is 25.0 Å². The van der Waals surface area contributed by atoms with Crippen molar-refractivity contribution in [2.24, 2.45) is 0 Å². The third-order valence-electron chi connectivity index (χ3n) is 4.81. The van der Waals surface area contributed by atoms with E-state index in [1.165, 1.54) is 18.4 Å². The maximum Gasteiger partial charge on any atom is 0.411 e. The van der Waals surface area contributed by atoms with E-state index in [9.17, 15) is 4.79 Å². The first kappa shape index (κ1) is 30.9. The highest BCUT2D eigenvalue weighted by molar-refractivity contribution is 5.69. The quantitative estimate of drug-likeness (QED) is 0.431. The second-order valence-corrected chi connectivity index (χ2v) is 10.5. The first-order chi connectivity index (χ1) is 16.9. The number of oxazole rings is 1. The van der Waals surface area contributed by atoms with Gasteiger partial charge in [0.05, 0.1) is 5.69 Å². The van der Waals surface area contributed by atoms with Crippen LogP contribution in [0.4, 0.5) is 4.79 Å². The zero-order chi connectivity index (χ0) is 27.2. The minimum absolute atomic E-state index is 0.250. The van der Waals surface area contributed by atoms with E-state index in [4.69, 9.17) is 19.1 Å². The molecule has 0 unspecified atom stereocenters. The molecule has 2 N–H and O–H groups in total. The number of carbonyl (C=O) groups is 2. The molecule has 1 fully saturated rings. The number of aromatic nitrogens is 1. The lowest BCUT2D eigenvalue weighted by atomic mass is 10.1. The first-order valence-corrected chi connectivity index (χ1v) is 12.4. The smallest absolute Gasteiger partial charge is 0.411 e. The third-order valence-corrected chi connectivity index (χ3v) is 4.81. The standard InChI is InChI=1S/C17H29N3O3.C10H12.CH2O2/c1-16(2,3)20(15(21)23-17(4,5)6)10-14-19-13(11-22-14)9-18-12-7-8-12;1-2-3-7-10-8-5-4-6-9-10;2-1-3/h11-12,18H,7-10H2,1-6H3;3-9H,2H2,1H3;1H,(H,2,3)/b;7-3-;. The molecule has 8 nitrogen and oxygen atoms in total. The van der Waals surface area contributed by atoms with Crippen LogP contribution in [-0.2, 0) is 22.6 Å². The van der Waals surface area contributed by atoms with Crippen LogP contribution in [0.5, 0.6) is 0 Å². The average molecular weight is 502 g/mol. The zero-order valence-corrected chi connectivity index (χ0v) is 22.8. The van der Waals surface area contributed by atoms with Crippen molar-refractivity contribution in [2.45, 2.75) is 98.0 Å². The van der Waals surface area contributed by atoms with Crippen LogP contribution in [-0.4, -0.2) is 44.7 Å². The fourth-order valence-electron chi connectivity index (χ4n) is 2.89. The van der Waals surface area contributed by atoms with Gasteiger partial charge < -0.3 is 19.6 Å². The average Bonchev–Trinajstić information content (AvgIpc) is 3.51. The SMILES string of the molecule is CC(C)(C)OC(=O)N(Cc1nc(CNC2CC2)co1)C(C)(C)C.CC/C=C\c1ccccc1.O=CO. The van der Waals surface area contributed by atoms with E-state index >= 15 is 0 Å². The van der Waals surface area contributed by atoms with Crippen LogP contribution in [0.25, 0.3) is 6.08 Å². The van der Waals surface area contributed by atoms with Gasteiger partial charge in [-0.1, -0.05) is 49.4 Å². The second-order valence-electron chi connectivity index (χ2n) is 10.5. The number of carbonyl (C=O) groups excluding carboxylic acids is 1. The molecule has 1 saturated carbocycles. The molecule has 1 heterocycles. The van der Waals surface area contributed by atoms with Gasteiger partial charge in [0, 0.05) is 18.1 Å². The Morgan fingerprint density at radius 3 is 2.31 bits per heavy atom. The minimum Gasteiger partial charge on any atom is -0.483 e. The van der Waals surface area contributed by atoms with Crippen molar-refractivity contribution in [1.29, 1.82) is 0 Å². The molecule has 3 rings (SSSR count). The predicted octanol–water partition coefficient (Wildman–Crippen LogP) is 6.27. The summed E-state index contributed by atoms with van der Waals surface area (Å²) in [6.45, 7) is 14.4. The minimum atomic E-state index is -0.531. The second kappa shape index (κ2) is 15.1. The van der Waals surface area contributed by atoms with Gasteiger partial charge in [0.25, 0.3) is 6.47 Å². The molecule has 2 aromatic rings. The highest BCUT2D eigenvalue weighted by Gasteiger charge is 2.32. The van der Waals surface area contributed by atoms with Crippen LogP contribution in [0.3, 0.4) is 0 Å². The summed E-state index contributed by atoms with van der Waals surface area (Å²) in [4.78, 5) is 26.9. The van der Waals surface area contributed by atoms with Crippen molar-refractivity contribution < 1.29 is 23.8 Å². The van der Waals surface area contributed by atoms with Crippen LogP contribution in [0.15, 0.2) is 47.1 Å². The third kappa shape index (κ3) is 13.7. The van der Waals surface area contributed by atoms with Crippen molar-refractivity contribution in [3.8, 4) is 0 Å². The topological polar surface area (TPSA) is 105 Å². The van der Waals surface area contributed by atoms with Crippen molar-refractivity contribution in [2.75, 3.05) is 0 Å². The maximum absolute atomic E-state index is 12.5. The molecule has 8 heteroatoms. The van der Waals surface area contributed by atoms with Gasteiger partial charge in [-0.15, -0.1) is 0 Å². The van der Waals surface area contributed by atoms with E-state index in [1.54, 1.807) is 11.2 Å². The van der Waals surface area contributed by atoms with Crippen LogP contribution in [0.2, 0.25) is 0 Å². The molecule has 1 aromatic heterocycles. The summed E-state index contributed by atoms with van der Waals surface area (Å²) in [5, 5.41) is 10.3. The Morgan fingerprint density at radius 1 is 1.19 bits per heavy atom. The summed E-state index contributed by atoms with van der Waals surface area (Å²) in [6, 6.07) is 11.0. The molecule has 0 spiro atoms. The Balaban J connectivity index is 0.000000412. The zero-order valence-electron chi connectivity index (χ0n) is 22.8. The lowest BCUT2D eigenvalue weighted by Crippen LogP contribution is -2.47.